The van der Waals surface area contributed by atoms with Crippen LogP contribution < -0.4 is 9.62 Å². The highest BCUT2D eigenvalue weighted by Gasteiger charge is 2.22. The number of aliphatic hydroxyl groups excluding tert-OH is 1. The lowest BCUT2D eigenvalue weighted by molar-refractivity contribution is 0.162. The van der Waals surface area contributed by atoms with Crippen molar-refractivity contribution in [3.63, 3.8) is 0 Å². The van der Waals surface area contributed by atoms with E-state index in [4.69, 9.17) is 16.9 Å². The van der Waals surface area contributed by atoms with Crippen molar-refractivity contribution in [1.29, 1.82) is 5.26 Å². The molecular formula is C22H23ClN4O3S2. The maximum absolute atomic E-state index is 11.5. The van der Waals surface area contributed by atoms with Gasteiger partial charge in [0.15, 0.2) is 11.4 Å². The number of sulfonamides is 1. The fourth-order valence-corrected chi connectivity index (χ4v) is 4.71. The number of nitrogens with zero attached hydrogens (tertiary/aromatic N) is 3. The fourth-order valence-electron chi connectivity index (χ4n) is 3.10. The van der Waals surface area contributed by atoms with Gasteiger partial charge < -0.3 is 10.0 Å². The molecule has 1 heterocycles. The first-order chi connectivity index (χ1) is 15.1. The SMILES string of the molecule is Cc1sc(N(CCc2ccc(C#N)cc2)Cc2ccc(Cl)cc2)nc1C(O)NS(C)(=O)=O. The molecular weight excluding hydrogens is 468 g/mol. The predicted octanol–water partition coefficient (Wildman–Crippen LogP) is 3.77. The third-order valence-electron chi connectivity index (χ3n) is 4.72. The van der Waals surface area contributed by atoms with Crippen molar-refractivity contribution in [3.05, 3.63) is 80.8 Å². The van der Waals surface area contributed by atoms with E-state index >= 15 is 0 Å². The molecule has 0 amide bonds. The number of aromatic nitrogens is 1. The normalized spacial score (nSPS) is 12.3. The van der Waals surface area contributed by atoms with Crippen LogP contribution in [0.2, 0.25) is 5.02 Å². The number of hydrogen-bond donors (Lipinski definition) is 2. The quantitative estimate of drug-likeness (QED) is 0.442. The van der Waals surface area contributed by atoms with E-state index in [2.05, 4.69) is 20.7 Å². The van der Waals surface area contributed by atoms with Crippen LogP contribution in [0.4, 0.5) is 5.13 Å². The second-order valence-corrected chi connectivity index (χ2v) is 10.7. The Kier molecular flexibility index (Phi) is 7.87. The number of halogens is 1. The lowest BCUT2D eigenvalue weighted by atomic mass is 10.1. The lowest BCUT2D eigenvalue weighted by Gasteiger charge is -2.22. The van der Waals surface area contributed by atoms with Gasteiger partial charge in [0.25, 0.3) is 0 Å². The summed E-state index contributed by atoms with van der Waals surface area (Å²) in [5, 5.41) is 20.6. The van der Waals surface area contributed by atoms with Gasteiger partial charge in [-0.2, -0.15) is 9.98 Å². The predicted molar refractivity (Wildman–Crippen MR) is 127 cm³/mol. The Morgan fingerprint density at radius 1 is 1.19 bits per heavy atom. The molecule has 0 fully saturated rings. The minimum absolute atomic E-state index is 0.287. The molecule has 0 aliphatic rings. The Balaban J connectivity index is 1.85. The highest BCUT2D eigenvalue weighted by molar-refractivity contribution is 7.88. The van der Waals surface area contributed by atoms with E-state index in [1.165, 1.54) is 11.3 Å². The molecule has 0 aliphatic heterocycles. The zero-order chi connectivity index (χ0) is 23.3. The highest BCUT2D eigenvalue weighted by Crippen LogP contribution is 2.30. The Hall–Kier alpha value is -2.48. The Morgan fingerprint density at radius 2 is 1.81 bits per heavy atom. The number of benzene rings is 2. The van der Waals surface area contributed by atoms with E-state index in [-0.39, 0.29) is 5.69 Å². The smallest absolute Gasteiger partial charge is 0.211 e. The summed E-state index contributed by atoms with van der Waals surface area (Å²) in [4.78, 5) is 7.35. The van der Waals surface area contributed by atoms with E-state index in [0.29, 0.717) is 28.8 Å². The topological polar surface area (TPSA) is 106 Å². The van der Waals surface area contributed by atoms with Crippen molar-refractivity contribution >= 4 is 38.1 Å². The number of anilines is 1. The number of aliphatic hydroxyl groups is 1. The molecule has 32 heavy (non-hydrogen) atoms. The molecule has 2 N–H and O–H groups in total. The van der Waals surface area contributed by atoms with Gasteiger partial charge in [-0.3, -0.25) is 0 Å². The van der Waals surface area contributed by atoms with Gasteiger partial charge in [0, 0.05) is 23.0 Å². The summed E-state index contributed by atoms with van der Waals surface area (Å²) in [5.74, 6) is 0. The Morgan fingerprint density at radius 3 is 2.41 bits per heavy atom. The molecule has 0 spiro atoms. The molecule has 1 aromatic heterocycles. The minimum atomic E-state index is -3.59. The molecule has 0 aliphatic carbocycles. The van der Waals surface area contributed by atoms with Gasteiger partial charge in [-0.25, -0.2) is 13.4 Å². The van der Waals surface area contributed by atoms with E-state index in [9.17, 15) is 13.5 Å². The second kappa shape index (κ2) is 10.4. The average molecular weight is 491 g/mol. The van der Waals surface area contributed by atoms with Crippen LogP contribution in [0.1, 0.15) is 33.5 Å². The molecule has 1 atom stereocenters. The maximum atomic E-state index is 11.5. The highest BCUT2D eigenvalue weighted by atomic mass is 35.5. The molecule has 7 nitrogen and oxygen atoms in total. The average Bonchev–Trinajstić information content (AvgIpc) is 3.13. The fraction of sp³-hybridized carbons (Fsp3) is 0.273. The van der Waals surface area contributed by atoms with Gasteiger partial charge in [-0.15, -0.1) is 11.3 Å². The standard InChI is InChI=1S/C22H23ClN4O3S2/c1-15-20(21(28)26-32(2,29)30)25-22(31-15)27(14-18-7-9-19(23)10-8-18)12-11-16-3-5-17(13-24)6-4-16/h3-10,21,26,28H,11-12,14H2,1-2H3. The van der Waals surface area contributed by atoms with Crippen LogP contribution in [0.3, 0.4) is 0 Å². The monoisotopic (exact) mass is 490 g/mol. The van der Waals surface area contributed by atoms with Crippen LogP contribution in [-0.2, 0) is 23.0 Å². The zero-order valence-electron chi connectivity index (χ0n) is 17.6. The first-order valence-corrected chi connectivity index (χ1v) is 12.8. The van der Waals surface area contributed by atoms with Gasteiger partial charge in [-0.05, 0) is 48.7 Å². The third-order valence-corrected chi connectivity index (χ3v) is 6.67. The number of thiazole rings is 1. The summed E-state index contributed by atoms with van der Waals surface area (Å²) < 4.78 is 25.2. The van der Waals surface area contributed by atoms with Crippen molar-refractivity contribution < 1.29 is 13.5 Å². The van der Waals surface area contributed by atoms with Crippen LogP contribution >= 0.6 is 22.9 Å². The molecule has 0 bridgehead atoms. The Bertz CT molecular complexity index is 1200. The molecule has 0 saturated heterocycles. The van der Waals surface area contributed by atoms with Crippen LogP contribution in [0.5, 0.6) is 0 Å². The molecule has 3 rings (SSSR count). The summed E-state index contributed by atoms with van der Waals surface area (Å²) >= 11 is 7.40. The lowest BCUT2D eigenvalue weighted by Crippen LogP contribution is -2.28. The third kappa shape index (κ3) is 6.76. The van der Waals surface area contributed by atoms with Gasteiger partial charge in [0.1, 0.15) is 5.69 Å². The first-order valence-electron chi connectivity index (χ1n) is 9.76. The van der Waals surface area contributed by atoms with Crippen molar-refractivity contribution in [2.75, 3.05) is 17.7 Å². The summed E-state index contributed by atoms with van der Waals surface area (Å²) in [6, 6.07) is 17.1. The van der Waals surface area contributed by atoms with Gasteiger partial charge in [0.2, 0.25) is 10.0 Å². The van der Waals surface area contributed by atoms with Crippen molar-refractivity contribution in [1.82, 2.24) is 9.71 Å². The van der Waals surface area contributed by atoms with Gasteiger partial charge >= 0.3 is 0 Å². The number of nitriles is 1. The first kappa shape index (κ1) is 24.2. The zero-order valence-corrected chi connectivity index (χ0v) is 20.0. The van der Waals surface area contributed by atoms with Gasteiger partial charge in [-0.1, -0.05) is 35.9 Å². The molecule has 1 unspecified atom stereocenters. The van der Waals surface area contributed by atoms with Crippen LogP contribution in [0.15, 0.2) is 48.5 Å². The molecule has 0 radical (unpaired) electrons. The molecule has 2 aromatic carbocycles. The van der Waals surface area contributed by atoms with E-state index in [0.717, 1.165) is 28.7 Å². The number of hydrogen-bond acceptors (Lipinski definition) is 7. The van der Waals surface area contributed by atoms with Crippen LogP contribution in [0.25, 0.3) is 0 Å². The largest absolute Gasteiger partial charge is 0.372 e. The molecule has 168 valence electrons. The summed E-state index contributed by atoms with van der Waals surface area (Å²) in [6.07, 6.45) is 0.298. The van der Waals surface area contributed by atoms with E-state index in [1.54, 1.807) is 19.1 Å². The summed E-state index contributed by atoms with van der Waals surface area (Å²) in [5.41, 5.74) is 3.02. The van der Waals surface area contributed by atoms with Crippen molar-refractivity contribution in [3.8, 4) is 6.07 Å². The number of nitrogens with one attached hydrogen (secondary N) is 1. The van der Waals surface area contributed by atoms with Crippen LogP contribution in [-0.4, -0.2) is 31.3 Å². The van der Waals surface area contributed by atoms with E-state index < -0.39 is 16.3 Å². The van der Waals surface area contributed by atoms with Crippen LogP contribution in [0, 0.1) is 18.3 Å². The number of aryl methyl sites for hydroxylation is 1. The molecule has 3 aromatic rings. The van der Waals surface area contributed by atoms with E-state index in [1.807, 2.05) is 36.4 Å². The van der Waals surface area contributed by atoms with Crippen molar-refractivity contribution in [2.45, 2.75) is 26.1 Å². The Labute approximate surface area is 197 Å². The number of rotatable bonds is 9. The second-order valence-electron chi connectivity index (χ2n) is 7.34. The minimum Gasteiger partial charge on any atom is -0.372 e. The molecule has 10 heteroatoms. The summed E-state index contributed by atoms with van der Waals surface area (Å²) in [7, 11) is -3.59. The summed E-state index contributed by atoms with van der Waals surface area (Å²) in [6.45, 7) is 3.00. The molecule has 0 saturated carbocycles. The van der Waals surface area contributed by atoms with Crippen molar-refractivity contribution in [2.24, 2.45) is 0 Å². The van der Waals surface area contributed by atoms with Gasteiger partial charge in [0.05, 0.1) is 17.9 Å². The maximum Gasteiger partial charge on any atom is 0.211 e.